The van der Waals surface area contributed by atoms with Gasteiger partial charge in [-0.15, -0.1) is 0 Å². The Labute approximate surface area is 76.5 Å². The van der Waals surface area contributed by atoms with Crippen LogP contribution < -0.4 is 0 Å². The van der Waals surface area contributed by atoms with E-state index in [0.29, 0.717) is 5.04 Å². The summed E-state index contributed by atoms with van der Waals surface area (Å²) in [7, 11) is -0.721. The van der Waals surface area contributed by atoms with Crippen molar-refractivity contribution in [2.24, 2.45) is 17.8 Å². The van der Waals surface area contributed by atoms with Gasteiger partial charge in [-0.25, -0.2) is 0 Å². The van der Waals surface area contributed by atoms with Crippen molar-refractivity contribution in [3.8, 4) is 0 Å². The smallest absolute Gasteiger partial charge is 0.162 e. The fourth-order valence-corrected chi connectivity index (χ4v) is 6.10. The second kappa shape index (κ2) is 2.35. The zero-order chi connectivity index (χ0) is 8.18. The Hall–Kier alpha value is 0.177. The van der Waals surface area contributed by atoms with Gasteiger partial charge in [-0.3, -0.25) is 0 Å². The molecule has 0 saturated heterocycles. The van der Waals surface area contributed by atoms with Crippen LogP contribution in [0, 0.1) is 17.8 Å². The fraction of sp³-hybridized carbons (Fsp3) is 1.00. The molecule has 12 heavy (non-hydrogen) atoms. The van der Waals surface area contributed by atoms with Crippen molar-refractivity contribution in [3.05, 3.63) is 0 Å². The molecule has 0 aromatic rings. The summed E-state index contributed by atoms with van der Waals surface area (Å²) in [6.07, 6.45) is 8.74. The number of hydrogen-bond acceptors (Lipinski definition) is 1. The standard InChI is InChI=1S/C10H18OSi/c11-12-10-4-7-1-8(5-10)3-9(2-7)6-10/h7-9,11H,1-6,12H2. The zero-order valence-corrected chi connectivity index (χ0v) is 9.04. The van der Waals surface area contributed by atoms with E-state index >= 15 is 0 Å². The average molecular weight is 182 g/mol. The lowest BCUT2D eigenvalue weighted by molar-refractivity contribution is 0.0244. The Morgan fingerprint density at radius 1 is 0.917 bits per heavy atom. The molecule has 4 fully saturated rings. The van der Waals surface area contributed by atoms with Gasteiger partial charge in [-0.2, -0.15) is 0 Å². The Kier molecular flexibility index (Phi) is 1.48. The molecule has 0 amide bonds. The highest BCUT2D eigenvalue weighted by Crippen LogP contribution is 2.63. The van der Waals surface area contributed by atoms with E-state index in [4.69, 9.17) is 0 Å². The van der Waals surface area contributed by atoms with Gasteiger partial charge in [0.15, 0.2) is 9.76 Å². The molecular formula is C10H18OSi. The lowest BCUT2D eigenvalue weighted by Crippen LogP contribution is -2.44. The van der Waals surface area contributed by atoms with E-state index in [9.17, 15) is 4.80 Å². The molecule has 0 atom stereocenters. The topological polar surface area (TPSA) is 20.2 Å². The van der Waals surface area contributed by atoms with Crippen LogP contribution in [0.3, 0.4) is 0 Å². The first-order valence-corrected chi connectivity index (χ1v) is 6.74. The summed E-state index contributed by atoms with van der Waals surface area (Å²) in [5, 5.41) is 0.536. The van der Waals surface area contributed by atoms with Gasteiger partial charge in [0.05, 0.1) is 0 Å². The van der Waals surface area contributed by atoms with Crippen LogP contribution >= 0.6 is 0 Å². The highest BCUT2D eigenvalue weighted by molar-refractivity contribution is 6.30. The van der Waals surface area contributed by atoms with Crippen molar-refractivity contribution in [1.82, 2.24) is 0 Å². The van der Waals surface area contributed by atoms with Crippen molar-refractivity contribution in [2.75, 3.05) is 0 Å². The van der Waals surface area contributed by atoms with E-state index in [1.54, 1.807) is 0 Å². The maximum absolute atomic E-state index is 9.57. The van der Waals surface area contributed by atoms with Gasteiger partial charge in [-0.1, -0.05) is 0 Å². The second-order valence-electron chi connectivity index (χ2n) is 5.58. The first kappa shape index (κ1) is 7.57. The summed E-state index contributed by atoms with van der Waals surface area (Å²) >= 11 is 0. The molecule has 1 nitrogen and oxygen atoms in total. The van der Waals surface area contributed by atoms with Crippen LogP contribution in [-0.4, -0.2) is 14.6 Å². The molecular weight excluding hydrogens is 164 g/mol. The number of hydrogen-bond donors (Lipinski definition) is 1. The van der Waals surface area contributed by atoms with Crippen LogP contribution in [0.4, 0.5) is 0 Å². The summed E-state index contributed by atoms with van der Waals surface area (Å²) in [6.45, 7) is 0. The summed E-state index contributed by atoms with van der Waals surface area (Å²) in [4.78, 5) is 9.57. The summed E-state index contributed by atoms with van der Waals surface area (Å²) in [5.41, 5.74) is 0. The molecule has 0 aliphatic heterocycles. The molecule has 4 aliphatic rings. The molecule has 0 radical (unpaired) electrons. The predicted molar refractivity (Wildman–Crippen MR) is 51.6 cm³/mol. The van der Waals surface area contributed by atoms with Gasteiger partial charge in [0, 0.05) is 0 Å². The third-order valence-electron chi connectivity index (χ3n) is 4.50. The molecule has 0 unspecified atom stereocenters. The van der Waals surface area contributed by atoms with Crippen molar-refractivity contribution < 1.29 is 4.80 Å². The minimum absolute atomic E-state index is 0.536. The molecule has 0 heterocycles. The molecule has 0 aromatic carbocycles. The Morgan fingerprint density at radius 2 is 1.33 bits per heavy atom. The summed E-state index contributed by atoms with van der Waals surface area (Å²) < 4.78 is 0. The van der Waals surface area contributed by atoms with E-state index in [2.05, 4.69) is 0 Å². The van der Waals surface area contributed by atoms with Crippen molar-refractivity contribution in [1.29, 1.82) is 0 Å². The SMILES string of the molecule is O[SiH2]C12CC3CC(CC(C3)C1)C2. The van der Waals surface area contributed by atoms with Crippen molar-refractivity contribution in [2.45, 2.75) is 43.6 Å². The molecule has 2 heteroatoms. The van der Waals surface area contributed by atoms with Gasteiger partial charge in [-0.05, 0) is 61.3 Å². The molecule has 68 valence electrons. The minimum Gasteiger partial charge on any atom is -0.438 e. The first-order chi connectivity index (χ1) is 5.80. The molecule has 4 aliphatic carbocycles. The average Bonchev–Trinajstić information content (AvgIpc) is 2.02. The third-order valence-corrected chi connectivity index (χ3v) is 6.04. The van der Waals surface area contributed by atoms with Gasteiger partial charge < -0.3 is 4.80 Å². The van der Waals surface area contributed by atoms with Crippen molar-refractivity contribution >= 4 is 9.76 Å². The van der Waals surface area contributed by atoms with E-state index in [1.165, 1.54) is 38.5 Å². The number of rotatable bonds is 1. The maximum atomic E-state index is 9.57. The molecule has 0 aromatic heterocycles. The molecule has 0 spiro atoms. The highest BCUT2D eigenvalue weighted by Gasteiger charge is 2.50. The Balaban J connectivity index is 1.90. The maximum Gasteiger partial charge on any atom is 0.162 e. The van der Waals surface area contributed by atoms with Crippen LogP contribution in [0.5, 0.6) is 0 Å². The van der Waals surface area contributed by atoms with E-state index in [-0.39, 0.29) is 0 Å². The zero-order valence-electron chi connectivity index (χ0n) is 7.63. The molecule has 4 rings (SSSR count). The van der Waals surface area contributed by atoms with Gasteiger partial charge in [0.25, 0.3) is 0 Å². The van der Waals surface area contributed by atoms with E-state index < -0.39 is 9.76 Å². The predicted octanol–water partition coefficient (Wildman–Crippen LogP) is 1.45. The third kappa shape index (κ3) is 0.941. The summed E-state index contributed by atoms with van der Waals surface area (Å²) in [5.74, 6) is 3.07. The minimum atomic E-state index is -0.721. The lowest BCUT2D eigenvalue weighted by atomic mass is 9.56. The van der Waals surface area contributed by atoms with Crippen LogP contribution in [0.2, 0.25) is 5.04 Å². The van der Waals surface area contributed by atoms with Gasteiger partial charge >= 0.3 is 0 Å². The van der Waals surface area contributed by atoms with Gasteiger partial charge in [0.2, 0.25) is 0 Å². The first-order valence-electron chi connectivity index (χ1n) is 5.40. The van der Waals surface area contributed by atoms with Gasteiger partial charge in [0.1, 0.15) is 0 Å². The monoisotopic (exact) mass is 182 g/mol. The quantitative estimate of drug-likeness (QED) is 0.609. The second-order valence-corrected chi connectivity index (χ2v) is 7.39. The normalized spacial score (nSPS) is 57.2. The van der Waals surface area contributed by atoms with Crippen LogP contribution in [0.25, 0.3) is 0 Å². The highest BCUT2D eigenvalue weighted by atomic mass is 28.2. The van der Waals surface area contributed by atoms with Crippen molar-refractivity contribution in [3.63, 3.8) is 0 Å². The molecule has 4 saturated carbocycles. The van der Waals surface area contributed by atoms with E-state index in [1.807, 2.05) is 0 Å². The van der Waals surface area contributed by atoms with Crippen LogP contribution in [0.15, 0.2) is 0 Å². The van der Waals surface area contributed by atoms with Crippen LogP contribution in [0.1, 0.15) is 38.5 Å². The lowest BCUT2D eigenvalue weighted by Gasteiger charge is -2.56. The van der Waals surface area contributed by atoms with Crippen LogP contribution in [-0.2, 0) is 0 Å². The molecule has 1 N–H and O–H groups in total. The van der Waals surface area contributed by atoms with E-state index in [0.717, 1.165) is 17.8 Å². The summed E-state index contributed by atoms with van der Waals surface area (Å²) in [6, 6.07) is 0. The Bertz CT molecular complexity index is 167. The fourth-order valence-electron chi connectivity index (χ4n) is 4.48. The Morgan fingerprint density at radius 3 is 1.67 bits per heavy atom. The molecule has 4 bridgehead atoms. The largest absolute Gasteiger partial charge is 0.438 e.